The highest BCUT2D eigenvalue weighted by Gasteiger charge is 2.29. The van der Waals surface area contributed by atoms with E-state index in [9.17, 15) is 25.3 Å². The Morgan fingerprint density at radius 1 is 0.430 bits per heavy atom. The average Bonchev–Trinajstić information content (AvgIpc) is 1.62. The number of aromatic amines is 5. The Hall–Kier alpha value is -11.6. The average molecular weight is 2230 g/mol. The van der Waals surface area contributed by atoms with E-state index in [0.29, 0.717) is 11.2 Å². The fraction of sp³-hybridized carbons (Fsp3) is 0.0787. The van der Waals surface area contributed by atoms with Crippen molar-refractivity contribution in [1.82, 2.24) is 87.1 Å². The molecule has 646 valence electrons. The molecule has 5 N–H and O–H groups in total. The smallest absolute Gasteiger partial charge is 0.282 e. The van der Waals surface area contributed by atoms with Crippen molar-refractivity contribution in [2.75, 3.05) is 19.0 Å². The molecule has 28 nitrogen and oxygen atoms in total. The molecular weight excluding hydrogens is 2160 g/mol. The lowest BCUT2D eigenvalue weighted by molar-refractivity contribution is 0.568. The zero-order valence-electron chi connectivity index (χ0n) is 68.6. The summed E-state index contributed by atoms with van der Waals surface area (Å²) in [4.78, 5) is 53.3. The molecule has 18 heterocycles. The summed E-state index contributed by atoms with van der Waals surface area (Å²) in [6, 6.07) is 44.8. The predicted molar refractivity (Wildman–Crippen MR) is 531 cm³/mol. The summed E-state index contributed by atoms with van der Waals surface area (Å²) in [5.41, 5.74) is 15.2. The third-order valence-electron chi connectivity index (χ3n) is 20.1. The number of benzene rings is 3. The van der Waals surface area contributed by atoms with E-state index < -0.39 is 46.9 Å². The standard InChI is InChI=1S/C20H17IN4O2S.C18H17BrN4O2SSi.C16H11BrN4O2S.C14H15BrN2OSi.C11H7BrN2O.C10H6BrN3O/c1-24(2)19-9-8-14(11-22-19)15-10-17-18(21)13-25(20(17)23-12-15)28(26,27)16-6-4-3-5-7-16;1-27(2)18-16(15-8-13(19)10-20-17(15)22-18)12-9-21-23(11-12)26(24,25)14-6-4-3-5-7-14;17-12-6-14-15(9-19-16(14)18-8-12)11-7-20-21(10-11)24(22,23)13-4-2-1-3-5-13;1-19(2,3)14-12(9-4-5-18-8-9)11-6-10(15)7-16-13(11)17-14;12-8-3-9-10(7-1-2-15-6-7)5-14-11(9)13-4-8;11-6-1-7-8(9-4-12-5-15-9)3-14-10(7)13-2-6/h3-13H,1-2H3;3-11,27H,1-2H3,(H,20,22);1-10H,(H,18,19);4-8H,1-3H3,(H,16,17);1-6H,(H,13,14);1-5H,(H,13,14). The largest absolute Gasteiger partial charge is 0.472 e. The Kier molecular flexibility index (Phi) is 26.6. The molecule has 128 heavy (non-hydrogen) atoms. The van der Waals surface area contributed by atoms with Gasteiger partial charge in [0.1, 0.15) is 34.1 Å². The summed E-state index contributed by atoms with van der Waals surface area (Å²) in [7, 11) is -9.96. The second kappa shape index (κ2) is 38.0. The maximum atomic E-state index is 13.0. The van der Waals surface area contributed by atoms with Gasteiger partial charge in [0.15, 0.2) is 17.8 Å². The molecule has 21 rings (SSSR count). The first kappa shape index (κ1) is 89.7. The van der Waals surface area contributed by atoms with Crippen LogP contribution in [0.1, 0.15) is 0 Å². The van der Waals surface area contributed by atoms with Crippen LogP contribution in [0.25, 0.3) is 133 Å². The van der Waals surface area contributed by atoms with Crippen LogP contribution in [-0.2, 0) is 30.1 Å². The van der Waals surface area contributed by atoms with Crippen molar-refractivity contribution in [3.05, 3.63) is 308 Å². The van der Waals surface area contributed by atoms with Crippen molar-refractivity contribution in [2.24, 2.45) is 0 Å². The number of furan rings is 2. The molecule has 0 saturated carbocycles. The number of halogens is 6. The maximum Gasteiger partial charge on any atom is 0.282 e. The number of pyridine rings is 7. The number of oxazole rings is 1. The summed E-state index contributed by atoms with van der Waals surface area (Å²) in [6.07, 6.45) is 35.7. The molecule has 0 aliphatic heterocycles. The molecule has 0 radical (unpaired) electrons. The lowest BCUT2D eigenvalue weighted by Gasteiger charge is -2.16. The monoisotopic (exact) mass is 2220 g/mol. The zero-order chi connectivity index (χ0) is 89.9. The second-order valence-electron chi connectivity index (χ2n) is 30.3. The number of aromatic nitrogens is 18. The SMILES string of the molecule is Brc1cnc2[nH]cc(-c3ccoc3)c2c1.Brc1cnc2[nH]cc(-c3cnco3)c2c1.CN(C)c1ccc(-c2cnc3c(c2)c(I)cn3S(=O)(=O)c2ccccc2)cn1.C[SiH](C)c1[nH]c2ncc(Br)cc2c1-c1cnn(S(=O)(=O)c2ccccc2)c1.C[Si](C)(C)c1[nH]c2ncc(Br)cc2c1-c1ccoc1.O=S(=O)(c1ccccc1)n1cc(-c2c[nH]c3ncc(Br)cc23)cn1. The summed E-state index contributed by atoms with van der Waals surface area (Å²) < 4.78 is 101. The third-order valence-corrected chi connectivity index (χ3v) is 31.4. The molecule has 0 aliphatic rings. The third kappa shape index (κ3) is 19.2. The van der Waals surface area contributed by atoms with Crippen LogP contribution >= 0.6 is 102 Å². The van der Waals surface area contributed by atoms with E-state index in [1.807, 2.05) is 92.2 Å². The predicted octanol–water partition coefficient (Wildman–Crippen LogP) is 21.2. The molecule has 0 spiro atoms. The topological polar surface area (TPSA) is 368 Å². The van der Waals surface area contributed by atoms with Crippen LogP contribution in [-0.4, -0.2) is 143 Å². The molecule has 3 aromatic carbocycles. The second-order valence-corrected chi connectivity index (χ2v) is 49.3. The molecule has 0 atom stereocenters. The summed E-state index contributed by atoms with van der Waals surface area (Å²) in [5.74, 6) is 1.61. The zero-order valence-corrected chi connectivity index (χ0v) is 83.3. The number of hydrogen-bond acceptors (Lipinski definition) is 20. The highest BCUT2D eigenvalue weighted by Crippen LogP contribution is 2.37. The Morgan fingerprint density at radius 3 is 1.36 bits per heavy atom. The molecule has 0 saturated heterocycles. The Morgan fingerprint density at radius 2 is 0.883 bits per heavy atom. The van der Waals surface area contributed by atoms with Crippen molar-refractivity contribution in [1.29, 1.82) is 0 Å². The van der Waals surface area contributed by atoms with Gasteiger partial charge in [-0.1, -0.05) is 87.3 Å². The fourth-order valence-corrected chi connectivity index (χ4v) is 23.0. The van der Waals surface area contributed by atoms with Crippen LogP contribution in [0.4, 0.5) is 5.82 Å². The normalized spacial score (nSPS) is 11.7. The van der Waals surface area contributed by atoms with Gasteiger partial charge in [0.05, 0.1) is 87.6 Å². The van der Waals surface area contributed by atoms with Crippen molar-refractivity contribution in [3.63, 3.8) is 0 Å². The van der Waals surface area contributed by atoms with Crippen molar-refractivity contribution in [2.45, 2.75) is 47.4 Å². The minimum absolute atomic E-state index is 0.197. The van der Waals surface area contributed by atoms with Crippen LogP contribution < -0.4 is 15.5 Å². The quantitative estimate of drug-likeness (QED) is 0.0470. The van der Waals surface area contributed by atoms with Crippen molar-refractivity contribution < 1.29 is 38.5 Å². The van der Waals surface area contributed by atoms with Gasteiger partial charge in [0, 0.05) is 212 Å². The Bertz CT molecular complexity index is 7800. The summed E-state index contributed by atoms with van der Waals surface area (Å²) in [6.45, 7) is 11.4. The van der Waals surface area contributed by atoms with Crippen LogP contribution in [0.3, 0.4) is 0 Å². The Labute approximate surface area is 791 Å². The number of rotatable bonds is 15. The van der Waals surface area contributed by atoms with Crippen LogP contribution in [0, 0.1) is 3.57 Å². The van der Waals surface area contributed by atoms with Crippen molar-refractivity contribution >= 4 is 232 Å². The van der Waals surface area contributed by atoms with E-state index in [0.717, 1.165) is 162 Å². The van der Waals surface area contributed by atoms with E-state index in [2.05, 4.69) is 216 Å². The van der Waals surface area contributed by atoms with Gasteiger partial charge >= 0.3 is 0 Å². The van der Waals surface area contributed by atoms with E-state index in [-0.39, 0.29) is 14.7 Å². The van der Waals surface area contributed by atoms with Gasteiger partial charge in [0.2, 0.25) is 0 Å². The Balaban J connectivity index is 0.000000114. The molecule has 18 aromatic heterocycles. The summed E-state index contributed by atoms with van der Waals surface area (Å²) in [5, 5.41) is 16.5. The molecule has 0 fully saturated rings. The first-order chi connectivity index (χ1) is 61.5. The number of H-pyrrole nitrogens is 5. The van der Waals surface area contributed by atoms with E-state index >= 15 is 0 Å². The summed E-state index contributed by atoms with van der Waals surface area (Å²) >= 11 is 19.3. The minimum Gasteiger partial charge on any atom is -0.472 e. The van der Waals surface area contributed by atoms with Crippen LogP contribution in [0.5, 0.6) is 0 Å². The number of anilines is 1. The van der Waals surface area contributed by atoms with E-state index in [1.54, 1.807) is 184 Å². The number of fused-ring (bicyclic) bond motifs is 6. The lowest BCUT2D eigenvalue weighted by Crippen LogP contribution is -2.39. The van der Waals surface area contributed by atoms with Gasteiger partial charge in [-0.05, 0) is 199 Å². The number of nitrogens with zero attached hydrogens (tertiary/aromatic N) is 14. The van der Waals surface area contributed by atoms with Gasteiger partial charge in [-0.15, -0.1) is 0 Å². The van der Waals surface area contributed by atoms with Gasteiger partial charge in [-0.2, -0.15) is 35.2 Å². The van der Waals surface area contributed by atoms with E-state index in [1.165, 1.54) is 33.6 Å². The molecular formula is C89H73Br5IN19O9S3Si2. The van der Waals surface area contributed by atoms with Gasteiger partial charge < -0.3 is 43.1 Å². The fourth-order valence-electron chi connectivity index (χ4n) is 14.0. The lowest BCUT2D eigenvalue weighted by atomic mass is 10.1. The molecule has 21 aromatic rings. The van der Waals surface area contributed by atoms with Gasteiger partial charge in [-0.3, -0.25) is 0 Å². The molecule has 0 unspecified atom stereocenters. The van der Waals surface area contributed by atoms with Crippen LogP contribution in [0.15, 0.2) is 333 Å². The molecule has 0 amide bonds. The molecule has 0 bridgehead atoms. The van der Waals surface area contributed by atoms with Crippen molar-refractivity contribution in [3.8, 4) is 67.0 Å². The maximum absolute atomic E-state index is 13.0. The number of hydrogen-bond donors (Lipinski definition) is 5. The highest BCUT2D eigenvalue weighted by molar-refractivity contribution is 14.1. The first-order valence-corrected chi connectivity index (χ1v) is 54.7. The van der Waals surface area contributed by atoms with Crippen LogP contribution in [0.2, 0.25) is 32.7 Å². The van der Waals surface area contributed by atoms with Gasteiger partial charge in [0.25, 0.3) is 30.1 Å². The van der Waals surface area contributed by atoms with E-state index in [4.69, 9.17) is 13.3 Å². The molecule has 39 heteroatoms. The highest BCUT2D eigenvalue weighted by atomic mass is 127. The molecule has 0 aliphatic carbocycles. The first-order valence-electron chi connectivity index (χ1n) is 39.0. The van der Waals surface area contributed by atoms with Gasteiger partial charge in [-0.25, -0.2) is 52.3 Å². The number of nitrogens with one attached hydrogen (secondary N) is 5. The minimum atomic E-state index is -3.72.